The maximum absolute atomic E-state index is 12.6. The van der Waals surface area contributed by atoms with Gasteiger partial charge in [-0.15, -0.1) is 0 Å². The van der Waals surface area contributed by atoms with E-state index in [1.807, 2.05) is 28.8 Å². The molecule has 1 N–H and O–H groups in total. The highest BCUT2D eigenvalue weighted by Gasteiger charge is 2.22. The number of unbranched alkanes of at least 4 members (excludes halogenated alkanes) is 11. The first-order chi connectivity index (χ1) is 23.3. The molecule has 0 aliphatic heterocycles. The van der Waals surface area contributed by atoms with Crippen LogP contribution in [-0.2, 0) is 22.7 Å². The maximum atomic E-state index is 12.6. The first kappa shape index (κ1) is 39.6. The molecule has 2 heterocycles. The van der Waals surface area contributed by atoms with Gasteiger partial charge in [0, 0.05) is 33.8 Å². The number of rotatable bonds is 22. The minimum Gasteiger partial charge on any atom is -0.441 e. The number of imidazole rings is 1. The Balaban J connectivity index is 1.45. The summed E-state index contributed by atoms with van der Waals surface area (Å²) in [6, 6.07) is 9.28. The van der Waals surface area contributed by atoms with Crippen LogP contribution in [0.2, 0.25) is 10.0 Å². The highest BCUT2D eigenvalue weighted by Crippen LogP contribution is 2.37. The van der Waals surface area contributed by atoms with Crippen LogP contribution in [0.4, 0.5) is 4.79 Å². The third-order valence-corrected chi connectivity index (χ3v) is 9.48. The monoisotopic (exact) mass is 714 g/mol. The van der Waals surface area contributed by atoms with Gasteiger partial charge in [-0.25, -0.2) is 9.78 Å². The SMILES string of the molecule is CCCCCCCC/C=C\CCCCCCCC(=O)NC(=O)OCc1nc(C(C)C)c(Sc2cc(Cl)cc(Cl)c2)n1Cc1ccncc1. The van der Waals surface area contributed by atoms with Crippen LogP contribution in [0.1, 0.15) is 134 Å². The van der Waals surface area contributed by atoms with Crippen LogP contribution in [0.25, 0.3) is 0 Å². The number of hydrogen-bond acceptors (Lipinski definition) is 6. The number of carbonyl (C=O) groups excluding carboxylic acids is 2. The van der Waals surface area contributed by atoms with E-state index in [9.17, 15) is 9.59 Å². The van der Waals surface area contributed by atoms with Crippen molar-refractivity contribution in [1.29, 1.82) is 0 Å². The number of hydrogen-bond donors (Lipinski definition) is 1. The fraction of sp³-hybridized carbons (Fsp3) is 0.526. The van der Waals surface area contributed by atoms with Crippen LogP contribution in [0.5, 0.6) is 0 Å². The van der Waals surface area contributed by atoms with Gasteiger partial charge in [0.1, 0.15) is 10.9 Å². The molecule has 7 nitrogen and oxygen atoms in total. The molecule has 0 aliphatic carbocycles. The quantitative estimate of drug-likeness (QED) is 0.0823. The van der Waals surface area contributed by atoms with Gasteiger partial charge in [-0.05, 0) is 73.9 Å². The molecule has 3 rings (SSSR count). The van der Waals surface area contributed by atoms with Crippen molar-refractivity contribution in [2.24, 2.45) is 0 Å². The van der Waals surface area contributed by atoms with Crippen molar-refractivity contribution < 1.29 is 14.3 Å². The van der Waals surface area contributed by atoms with Gasteiger partial charge >= 0.3 is 6.09 Å². The van der Waals surface area contributed by atoms with Crippen LogP contribution >= 0.6 is 35.0 Å². The molecule has 10 heteroatoms. The van der Waals surface area contributed by atoms with E-state index < -0.39 is 6.09 Å². The number of alkyl carbamates (subject to hydrolysis) is 1. The first-order valence-corrected chi connectivity index (χ1v) is 19.1. The Kier molecular flexibility index (Phi) is 18.8. The second-order valence-electron chi connectivity index (χ2n) is 12.5. The standard InChI is InChI=1S/C38H52Cl2N4O3S/c1-4-5-6-7-8-9-10-11-12-13-14-15-16-17-18-19-35(45)43-38(46)47-28-34-42-36(29(2)3)37(44(34)27-30-20-22-41-23-21-30)48-33-25-31(39)24-32(40)26-33/h11-12,20-26,29H,4-10,13-19,27-28H2,1-3H3,(H,43,45,46)/b12-11-. The third-order valence-electron chi connectivity index (χ3n) is 7.95. The van der Waals surface area contributed by atoms with E-state index in [4.69, 9.17) is 32.9 Å². The van der Waals surface area contributed by atoms with Gasteiger partial charge in [-0.3, -0.25) is 15.1 Å². The second kappa shape index (κ2) is 22.8. The summed E-state index contributed by atoms with van der Waals surface area (Å²) in [5.41, 5.74) is 1.88. The van der Waals surface area contributed by atoms with Gasteiger partial charge in [0.05, 0.1) is 12.2 Å². The molecule has 262 valence electrons. The first-order valence-electron chi connectivity index (χ1n) is 17.5. The minimum atomic E-state index is -0.770. The highest BCUT2D eigenvalue weighted by atomic mass is 35.5. The Hall–Kier alpha value is -2.81. The molecule has 1 aromatic carbocycles. The number of nitrogens with zero attached hydrogens (tertiary/aromatic N) is 3. The van der Waals surface area contributed by atoms with Gasteiger partial charge in [-0.1, -0.05) is 119 Å². The summed E-state index contributed by atoms with van der Waals surface area (Å²) >= 11 is 14.1. The van der Waals surface area contributed by atoms with Gasteiger partial charge in [-0.2, -0.15) is 0 Å². The van der Waals surface area contributed by atoms with Crippen molar-refractivity contribution in [2.75, 3.05) is 0 Å². The lowest BCUT2D eigenvalue weighted by Gasteiger charge is -2.14. The Morgan fingerprint density at radius 2 is 1.50 bits per heavy atom. The van der Waals surface area contributed by atoms with Crippen LogP contribution in [-0.4, -0.2) is 26.5 Å². The number of carbonyl (C=O) groups is 2. The molecule has 0 aliphatic rings. The number of aromatic nitrogens is 3. The predicted molar refractivity (Wildman–Crippen MR) is 198 cm³/mol. The van der Waals surface area contributed by atoms with Crippen molar-refractivity contribution in [1.82, 2.24) is 19.9 Å². The molecule has 0 saturated heterocycles. The highest BCUT2D eigenvalue weighted by molar-refractivity contribution is 7.99. The van der Waals surface area contributed by atoms with Gasteiger partial charge in [0.2, 0.25) is 5.91 Å². The molecule has 3 aromatic rings. The summed E-state index contributed by atoms with van der Waals surface area (Å²) in [5, 5.41) is 4.37. The van der Waals surface area contributed by atoms with Crippen LogP contribution in [0.15, 0.2) is 64.8 Å². The predicted octanol–water partition coefficient (Wildman–Crippen LogP) is 11.7. The van der Waals surface area contributed by atoms with E-state index >= 15 is 0 Å². The van der Waals surface area contributed by atoms with Crippen molar-refractivity contribution in [3.63, 3.8) is 0 Å². The fourth-order valence-electron chi connectivity index (χ4n) is 5.33. The van der Waals surface area contributed by atoms with E-state index in [0.29, 0.717) is 28.8 Å². The van der Waals surface area contributed by atoms with Crippen molar-refractivity contribution in [2.45, 2.75) is 140 Å². The molecule has 0 unspecified atom stereocenters. The molecule has 0 saturated carbocycles. The van der Waals surface area contributed by atoms with Gasteiger partial charge in [0.25, 0.3) is 0 Å². The average Bonchev–Trinajstić information content (AvgIpc) is 3.38. The lowest BCUT2D eigenvalue weighted by Crippen LogP contribution is -2.31. The van der Waals surface area contributed by atoms with E-state index in [0.717, 1.165) is 53.3 Å². The van der Waals surface area contributed by atoms with Crippen LogP contribution in [0.3, 0.4) is 0 Å². The summed E-state index contributed by atoms with van der Waals surface area (Å²) in [6.07, 6.45) is 23.1. The number of benzene rings is 1. The molecule has 0 fully saturated rings. The van der Waals surface area contributed by atoms with E-state index in [1.54, 1.807) is 18.5 Å². The third kappa shape index (κ3) is 15.2. The molecule has 0 atom stereocenters. The number of allylic oxidation sites excluding steroid dienone is 2. The minimum absolute atomic E-state index is 0.0891. The lowest BCUT2D eigenvalue weighted by molar-refractivity contribution is -0.120. The van der Waals surface area contributed by atoms with Crippen molar-refractivity contribution in [3.05, 3.63) is 82.0 Å². The van der Waals surface area contributed by atoms with Crippen molar-refractivity contribution >= 4 is 47.0 Å². The van der Waals surface area contributed by atoms with E-state index in [-0.39, 0.29) is 18.4 Å². The molecular formula is C38H52Cl2N4O3S. The zero-order chi connectivity index (χ0) is 34.6. The second-order valence-corrected chi connectivity index (χ2v) is 14.4. The number of halogens is 2. The fourth-order valence-corrected chi connectivity index (χ4v) is 7.24. The molecule has 2 amide bonds. The number of nitrogens with one attached hydrogen (secondary N) is 1. The lowest BCUT2D eigenvalue weighted by atomic mass is 10.1. The zero-order valence-electron chi connectivity index (χ0n) is 28.8. The normalized spacial score (nSPS) is 11.5. The Bertz CT molecular complexity index is 1410. The van der Waals surface area contributed by atoms with Crippen LogP contribution < -0.4 is 5.32 Å². The summed E-state index contributed by atoms with van der Waals surface area (Å²) in [7, 11) is 0. The Morgan fingerprint density at radius 3 is 2.12 bits per heavy atom. The average molecular weight is 716 g/mol. The summed E-state index contributed by atoms with van der Waals surface area (Å²) in [4.78, 5) is 34.9. The van der Waals surface area contributed by atoms with Gasteiger partial charge < -0.3 is 9.30 Å². The number of amides is 2. The summed E-state index contributed by atoms with van der Waals surface area (Å²) < 4.78 is 7.55. The Morgan fingerprint density at radius 1 is 0.896 bits per heavy atom. The maximum Gasteiger partial charge on any atom is 0.414 e. The number of imide groups is 1. The smallest absolute Gasteiger partial charge is 0.414 e. The number of pyridine rings is 1. The summed E-state index contributed by atoms with van der Waals surface area (Å²) in [6.45, 7) is 6.80. The van der Waals surface area contributed by atoms with E-state index in [1.165, 1.54) is 63.1 Å². The topological polar surface area (TPSA) is 86.1 Å². The largest absolute Gasteiger partial charge is 0.441 e. The van der Waals surface area contributed by atoms with E-state index in [2.05, 4.69) is 43.2 Å². The summed E-state index contributed by atoms with van der Waals surface area (Å²) in [5.74, 6) is 0.349. The molecule has 48 heavy (non-hydrogen) atoms. The molecule has 0 bridgehead atoms. The molecule has 0 radical (unpaired) electrons. The molecular weight excluding hydrogens is 663 g/mol. The van der Waals surface area contributed by atoms with Crippen molar-refractivity contribution in [3.8, 4) is 0 Å². The Labute approximate surface area is 301 Å². The van der Waals surface area contributed by atoms with Crippen LogP contribution in [0, 0.1) is 0 Å². The zero-order valence-corrected chi connectivity index (χ0v) is 31.1. The molecule has 0 spiro atoms. The molecule has 2 aromatic heterocycles. The number of ether oxygens (including phenoxy) is 1. The van der Waals surface area contributed by atoms with Gasteiger partial charge in [0.15, 0.2) is 6.61 Å².